The molecule has 0 spiro atoms. The standard InChI is InChI=1S/C18H34O/c19-17-13-9-7-5-3-1-2-4-6-8-10-14-18-15-11-12-16-18/h11,15,18-19H,1-10,12-14,16-17H2. The fourth-order valence-electron chi connectivity index (χ4n) is 3.05. The van der Waals surface area contributed by atoms with Crippen molar-refractivity contribution in [2.75, 3.05) is 6.61 Å². The monoisotopic (exact) mass is 266 g/mol. The van der Waals surface area contributed by atoms with Crippen LogP contribution >= 0.6 is 0 Å². The van der Waals surface area contributed by atoms with Crippen molar-refractivity contribution in [3.05, 3.63) is 12.2 Å². The van der Waals surface area contributed by atoms with Gasteiger partial charge in [-0.3, -0.25) is 0 Å². The molecule has 0 saturated heterocycles. The minimum Gasteiger partial charge on any atom is -0.396 e. The lowest BCUT2D eigenvalue weighted by molar-refractivity contribution is 0.282. The predicted molar refractivity (Wildman–Crippen MR) is 84.4 cm³/mol. The van der Waals surface area contributed by atoms with Gasteiger partial charge in [0.25, 0.3) is 0 Å². The maximum atomic E-state index is 8.68. The molecule has 0 radical (unpaired) electrons. The number of rotatable bonds is 13. The molecule has 1 nitrogen and oxygen atoms in total. The van der Waals surface area contributed by atoms with Crippen LogP contribution in [0.2, 0.25) is 0 Å². The molecule has 0 aromatic heterocycles. The molecule has 0 aromatic carbocycles. The molecule has 1 heteroatoms. The molecule has 1 atom stereocenters. The van der Waals surface area contributed by atoms with E-state index in [1.807, 2.05) is 0 Å². The lowest BCUT2D eigenvalue weighted by atomic mass is 9.99. The second-order valence-electron chi connectivity index (χ2n) is 6.17. The van der Waals surface area contributed by atoms with E-state index in [4.69, 9.17) is 5.11 Å². The number of hydrogen-bond donors (Lipinski definition) is 1. The highest BCUT2D eigenvalue weighted by Crippen LogP contribution is 2.23. The molecule has 19 heavy (non-hydrogen) atoms. The van der Waals surface area contributed by atoms with E-state index in [0.717, 1.165) is 12.3 Å². The third-order valence-electron chi connectivity index (χ3n) is 4.35. The summed E-state index contributed by atoms with van der Waals surface area (Å²) in [6.45, 7) is 0.372. The normalized spacial score (nSPS) is 18.3. The van der Waals surface area contributed by atoms with Crippen LogP contribution in [-0.2, 0) is 0 Å². The van der Waals surface area contributed by atoms with E-state index in [-0.39, 0.29) is 0 Å². The Labute approximate surface area is 120 Å². The average Bonchev–Trinajstić information content (AvgIpc) is 2.93. The molecule has 1 rings (SSSR count). The van der Waals surface area contributed by atoms with Gasteiger partial charge in [0.1, 0.15) is 0 Å². The summed E-state index contributed by atoms with van der Waals surface area (Å²) in [6.07, 6.45) is 23.9. The average molecular weight is 266 g/mol. The molecule has 0 bridgehead atoms. The van der Waals surface area contributed by atoms with Crippen molar-refractivity contribution in [3.63, 3.8) is 0 Å². The maximum Gasteiger partial charge on any atom is 0.0431 e. The van der Waals surface area contributed by atoms with E-state index in [9.17, 15) is 0 Å². The fraction of sp³-hybridized carbons (Fsp3) is 0.889. The number of aliphatic hydroxyl groups excluding tert-OH is 1. The van der Waals surface area contributed by atoms with Crippen molar-refractivity contribution in [1.82, 2.24) is 0 Å². The minimum absolute atomic E-state index is 0.372. The Morgan fingerprint density at radius 2 is 1.26 bits per heavy atom. The van der Waals surface area contributed by atoms with E-state index in [2.05, 4.69) is 12.2 Å². The first-order valence-electron chi connectivity index (χ1n) is 8.71. The summed E-state index contributed by atoms with van der Waals surface area (Å²) in [7, 11) is 0. The second kappa shape index (κ2) is 12.7. The summed E-state index contributed by atoms with van der Waals surface area (Å²) in [6, 6.07) is 0. The Morgan fingerprint density at radius 3 is 1.74 bits per heavy atom. The number of allylic oxidation sites excluding steroid dienone is 2. The Kier molecular flexibility index (Phi) is 11.2. The van der Waals surface area contributed by atoms with E-state index >= 15 is 0 Å². The molecule has 0 amide bonds. The maximum absolute atomic E-state index is 8.68. The molecule has 0 aromatic rings. The van der Waals surface area contributed by atoms with Crippen LogP contribution in [0.4, 0.5) is 0 Å². The van der Waals surface area contributed by atoms with Crippen molar-refractivity contribution in [2.24, 2.45) is 5.92 Å². The van der Waals surface area contributed by atoms with Gasteiger partial charge in [-0.05, 0) is 31.6 Å². The van der Waals surface area contributed by atoms with E-state index in [1.165, 1.54) is 83.5 Å². The summed E-state index contributed by atoms with van der Waals surface area (Å²) < 4.78 is 0. The van der Waals surface area contributed by atoms with Crippen molar-refractivity contribution in [2.45, 2.75) is 89.9 Å². The van der Waals surface area contributed by atoms with Crippen LogP contribution in [0.3, 0.4) is 0 Å². The second-order valence-corrected chi connectivity index (χ2v) is 6.17. The van der Waals surface area contributed by atoms with Gasteiger partial charge < -0.3 is 5.11 Å². The van der Waals surface area contributed by atoms with Crippen LogP contribution < -0.4 is 0 Å². The number of aliphatic hydroxyl groups is 1. The highest BCUT2D eigenvalue weighted by atomic mass is 16.2. The topological polar surface area (TPSA) is 20.2 Å². The summed E-state index contributed by atoms with van der Waals surface area (Å²) in [5.74, 6) is 0.916. The van der Waals surface area contributed by atoms with Crippen molar-refractivity contribution >= 4 is 0 Å². The van der Waals surface area contributed by atoms with Gasteiger partial charge in [-0.1, -0.05) is 76.4 Å². The van der Waals surface area contributed by atoms with Gasteiger partial charge in [-0.15, -0.1) is 0 Å². The largest absolute Gasteiger partial charge is 0.396 e. The molecule has 0 saturated carbocycles. The molecular weight excluding hydrogens is 232 g/mol. The van der Waals surface area contributed by atoms with Crippen LogP contribution in [0.15, 0.2) is 12.2 Å². The highest BCUT2D eigenvalue weighted by molar-refractivity contribution is 4.95. The molecule has 1 aliphatic rings. The highest BCUT2D eigenvalue weighted by Gasteiger charge is 2.07. The quantitative estimate of drug-likeness (QED) is 0.338. The summed E-state index contributed by atoms with van der Waals surface area (Å²) in [5, 5.41) is 8.68. The van der Waals surface area contributed by atoms with Crippen molar-refractivity contribution in [1.29, 1.82) is 0 Å². The van der Waals surface area contributed by atoms with Gasteiger partial charge in [0, 0.05) is 6.61 Å². The molecule has 0 fully saturated rings. The Balaban J connectivity index is 1.68. The summed E-state index contributed by atoms with van der Waals surface area (Å²) in [4.78, 5) is 0. The molecule has 0 heterocycles. The van der Waals surface area contributed by atoms with Crippen LogP contribution in [0.5, 0.6) is 0 Å². The third-order valence-corrected chi connectivity index (χ3v) is 4.35. The number of hydrogen-bond acceptors (Lipinski definition) is 1. The van der Waals surface area contributed by atoms with E-state index in [0.29, 0.717) is 6.61 Å². The number of unbranched alkanes of at least 4 members (excludes halogenated alkanes) is 10. The van der Waals surface area contributed by atoms with Gasteiger partial charge >= 0.3 is 0 Å². The summed E-state index contributed by atoms with van der Waals surface area (Å²) in [5.41, 5.74) is 0. The molecule has 1 unspecified atom stereocenters. The Hall–Kier alpha value is -0.300. The first kappa shape index (κ1) is 16.8. The van der Waals surface area contributed by atoms with Gasteiger partial charge in [0.2, 0.25) is 0 Å². The Morgan fingerprint density at radius 1 is 0.737 bits per heavy atom. The van der Waals surface area contributed by atoms with Gasteiger partial charge in [0.15, 0.2) is 0 Å². The lowest BCUT2D eigenvalue weighted by Crippen LogP contribution is -1.91. The van der Waals surface area contributed by atoms with Crippen LogP contribution in [0.1, 0.15) is 89.9 Å². The molecular formula is C18H34O. The van der Waals surface area contributed by atoms with E-state index in [1.54, 1.807) is 0 Å². The van der Waals surface area contributed by atoms with Crippen molar-refractivity contribution < 1.29 is 5.11 Å². The lowest BCUT2D eigenvalue weighted by Gasteiger charge is -2.06. The minimum atomic E-state index is 0.372. The zero-order valence-electron chi connectivity index (χ0n) is 12.8. The molecule has 1 N–H and O–H groups in total. The van der Waals surface area contributed by atoms with Gasteiger partial charge in [0.05, 0.1) is 0 Å². The van der Waals surface area contributed by atoms with E-state index < -0.39 is 0 Å². The first-order valence-corrected chi connectivity index (χ1v) is 8.71. The Bertz CT molecular complexity index is 210. The molecule has 112 valence electrons. The molecule has 0 aliphatic heterocycles. The SMILES string of the molecule is OCCCCCCCCCCCCCC1C=CCC1. The smallest absolute Gasteiger partial charge is 0.0431 e. The van der Waals surface area contributed by atoms with Crippen LogP contribution in [0, 0.1) is 5.92 Å². The first-order chi connectivity index (χ1) is 9.43. The van der Waals surface area contributed by atoms with Crippen LogP contribution in [-0.4, -0.2) is 11.7 Å². The fourth-order valence-corrected chi connectivity index (χ4v) is 3.05. The van der Waals surface area contributed by atoms with Gasteiger partial charge in [-0.25, -0.2) is 0 Å². The van der Waals surface area contributed by atoms with Gasteiger partial charge in [-0.2, -0.15) is 0 Å². The molecule has 1 aliphatic carbocycles. The zero-order chi connectivity index (χ0) is 13.6. The third kappa shape index (κ3) is 10.2. The van der Waals surface area contributed by atoms with Crippen molar-refractivity contribution in [3.8, 4) is 0 Å². The zero-order valence-corrected chi connectivity index (χ0v) is 12.8. The summed E-state index contributed by atoms with van der Waals surface area (Å²) >= 11 is 0. The van der Waals surface area contributed by atoms with Crippen LogP contribution in [0.25, 0.3) is 0 Å². The predicted octanol–water partition coefficient (Wildman–Crippen LogP) is 5.63.